The molecular formula is C17H19N5O3. The van der Waals surface area contributed by atoms with E-state index in [4.69, 9.17) is 0 Å². The summed E-state index contributed by atoms with van der Waals surface area (Å²) in [4.78, 5) is 39.5. The van der Waals surface area contributed by atoms with Crippen molar-refractivity contribution >= 4 is 16.8 Å². The first-order valence-electron chi connectivity index (χ1n) is 7.88. The van der Waals surface area contributed by atoms with Gasteiger partial charge in [0, 0.05) is 18.8 Å². The fraction of sp³-hybridized carbons (Fsp3) is 0.294. The molecule has 1 unspecified atom stereocenters. The number of carbonyl (C=O) groups is 1. The van der Waals surface area contributed by atoms with Gasteiger partial charge < -0.3 is 10.3 Å². The molecule has 0 aliphatic carbocycles. The molecule has 1 aromatic carbocycles. The molecule has 130 valence electrons. The van der Waals surface area contributed by atoms with Crippen LogP contribution in [-0.2, 0) is 18.4 Å². The van der Waals surface area contributed by atoms with E-state index in [1.807, 2.05) is 20.0 Å². The van der Waals surface area contributed by atoms with Crippen molar-refractivity contribution in [2.24, 2.45) is 7.05 Å². The van der Waals surface area contributed by atoms with Gasteiger partial charge in [-0.05, 0) is 26.0 Å². The van der Waals surface area contributed by atoms with E-state index in [1.54, 1.807) is 36.0 Å². The first-order valence-corrected chi connectivity index (χ1v) is 7.88. The van der Waals surface area contributed by atoms with Crippen LogP contribution in [0.25, 0.3) is 10.9 Å². The molecule has 2 N–H and O–H groups in total. The Morgan fingerprint density at radius 2 is 2.04 bits per heavy atom. The summed E-state index contributed by atoms with van der Waals surface area (Å²) in [6.45, 7) is 3.34. The molecule has 8 nitrogen and oxygen atoms in total. The predicted molar refractivity (Wildman–Crippen MR) is 93.3 cm³/mol. The second kappa shape index (κ2) is 6.39. The number of carbonyl (C=O) groups excluding carboxylic acids is 1. The largest absolute Gasteiger partial charge is 0.348 e. The highest BCUT2D eigenvalue weighted by molar-refractivity contribution is 5.79. The Morgan fingerprint density at radius 3 is 2.72 bits per heavy atom. The summed E-state index contributed by atoms with van der Waals surface area (Å²) in [5, 5.41) is 7.40. The van der Waals surface area contributed by atoms with Crippen LogP contribution in [0.15, 0.2) is 40.1 Å². The van der Waals surface area contributed by atoms with Gasteiger partial charge in [0.2, 0.25) is 5.91 Å². The Morgan fingerprint density at radius 1 is 1.32 bits per heavy atom. The van der Waals surface area contributed by atoms with Crippen molar-refractivity contribution in [1.29, 1.82) is 0 Å². The van der Waals surface area contributed by atoms with E-state index >= 15 is 0 Å². The summed E-state index contributed by atoms with van der Waals surface area (Å²) in [6, 6.07) is 6.42. The second-order valence-electron chi connectivity index (χ2n) is 6.00. The average molecular weight is 341 g/mol. The zero-order chi connectivity index (χ0) is 18.1. The highest BCUT2D eigenvalue weighted by Crippen LogP contribution is 2.15. The van der Waals surface area contributed by atoms with Crippen molar-refractivity contribution in [2.45, 2.75) is 26.4 Å². The van der Waals surface area contributed by atoms with E-state index in [9.17, 15) is 14.4 Å². The second-order valence-corrected chi connectivity index (χ2v) is 6.00. The molecular weight excluding hydrogens is 322 g/mol. The van der Waals surface area contributed by atoms with E-state index in [0.29, 0.717) is 10.9 Å². The molecule has 1 atom stereocenters. The minimum Gasteiger partial charge on any atom is -0.348 e. The Balaban J connectivity index is 1.84. The van der Waals surface area contributed by atoms with Crippen LogP contribution in [0.1, 0.15) is 24.2 Å². The lowest BCUT2D eigenvalue weighted by atomic mass is 10.1. The maximum Gasteiger partial charge on any atom is 0.329 e. The van der Waals surface area contributed by atoms with Crippen LogP contribution in [0, 0.1) is 6.92 Å². The number of benzene rings is 1. The smallest absolute Gasteiger partial charge is 0.329 e. The topological polar surface area (TPSA) is 102 Å². The molecule has 8 heteroatoms. The molecule has 0 radical (unpaired) electrons. The summed E-state index contributed by atoms with van der Waals surface area (Å²) in [6.07, 6.45) is 1.83. The number of hydrogen-bond donors (Lipinski definition) is 2. The van der Waals surface area contributed by atoms with Gasteiger partial charge in [-0.2, -0.15) is 5.10 Å². The molecule has 25 heavy (non-hydrogen) atoms. The average Bonchev–Trinajstić information content (AvgIpc) is 2.90. The fourth-order valence-corrected chi connectivity index (χ4v) is 2.89. The third-order valence-corrected chi connectivity index (χ3v) is 4.09. The molecule has 0 bridgehead atoms. The zero-order valence-corrected chi connectivity index (χ0v) is 14.2. The molecule has 0 aliphatic heterocycles. The monoisotopic (exact) mass is 341 g/mol. The van der Waals surface area contributed by atoms with Crippen LogP contribution in [0.4, 0.5) is 0 Å². The minimum absolute atomic E-state index is 0.281. The molecule has 2 heterocycles. The van der Waals surface area contributed by atoms with Crippen LogP contribution < -0.4 is 16.6 Å². The lowest BCUT2D eigenvalue weighted by molar-refractivity contribution is -0.122. The number of nitrogens with one attached hydrogen (secondary N) is 2. The number of para-hydroxylation sites is 1. The van der Waals surface area contributed by atoms with E-state index in [0.717, 1.165) is 15.8 Å². The molecule has 0 saturated carbocycles. The third-order valence-electron chi connectivity index (χ3n) is 4.09. The van der Waals surface area contributed by atoms with Gasteiger partial charge in [-0.25, -0.2) is 4.79 Å². The number of nitrogens with zero attached hydrogens (tertiary/aromatic N) is 3. The maximum atomic E-state index is 12.4. The molecule has 0 saturated heterocycles. The SMILES string of the molecule is Cc1nn(C)cc1C(C)NC(=O)Cn1c(=O)[nH]c2ccccc2c1=O. The number of rotatable bonds is 4. The molecule has 0 fully saturated rings. The summed E-state index contributed by atoms with van der Waals surface area (Å²) < 4.78 is 2.58. The predicted octanol–water partition coefficient (Wildman–Crippen LogP) is 0.609. The van der Waals surface area contributed by atoms with E-state index < -0.39 is 17.2 Å². The van der Waals surface area contributed by atoms with Gasteiger partial charge in [0.25, 0.3) is 5.56 Å². The van der Waals surface area contributed by atoms with Crippen LogP contribution in [0.5, 0.6) is 0 Å². The van der Waals surface area contributed by atoms with E-state index in [2.05, 4.69) is 15.4 Å². The number of aromatic nitrogens is 4. The van der Waals surface area contributed by atoms with Crippen molar-refractivity contribution < 1.29 is 4.79 Å². The number of fused-ring (bicyclic) bond motifs is 1. The number of aromatic amines is 1. The maximum absolute atomic E-state index is 12.4. The number of H-pyrrole nitrogens is 1. The van der Waals surface area contributed by atoms with Gasteiger partial charge in [-0.1, -0.05) is 12.1 Å². The highest BCUT2D eigenvalue weighted by Gasteiger charge is 2.16. The van der Waals surface area contributed by atoms with E-state index in [-0.39, 0.29) is 12.6 Å². The summed E-state index contributed by atoms with van der Waals surface area (Å²) in [5.74, 6) is -0.418. The van der Waals surface area contributed by atoms with Gasteiger partial charge in [0.05, 0.1) is 22.6 Å². The first-order chi connectivity index (χ1) is 11.9. The molecule has 3 aromatic rings. The normalized spacial score (nSPS) is 12.3. The molecule has 1 amide bonds. The quantitative estimate of drug-likeness (QED) is 0.726. The van der Waals surface area contributed by atoms with Crippen LogP contribution >= 0.6 is 0 Å². The molecule has 0 aliphatic rings. The Labute approximate surface area is 143 Å². The van der Waals surface area contributed by atoms with E-state index in [1.165, 1.54) is 0 Å². The van der Waals surface area contributed by atoms with Crippen molar-refractivity contribution in [1.82, 2.24) is 24.6 Å². The lowest BCUT2D eigenvalue weighted by Gasteiger charge is -2.14. The van der Waals surface area contributed by atoms with Gasteiger partial charge >= 0.3 is 5.69 Å². The number of amides is 1. The summed E-state index contributed by atoms with van der Waals surface area (Å²) >= 11 is 0. The van der Waals surface area contributed by atoms with Crippen LogP contribution in [0.3, 0.4) is 0 Å². The van der Waals surface area contributed by atoms with Gasteiger partial charge in [-0.3, -0.25) is 18.8 Å². The number of aryl methyl sites for hydroxylation is 2. The first kappa shape index (κ1) is 16.7. The molecule has 0 spiro atoms. The minimum atomic E-state index is -0.607. The third kappa shape index (κ3) is 3.23. The van der Waals surface area contributed by atoms with Gasteiger partial charge in [0.1, 0.15) is 6.54 Å². The zero-order valence-electron chi connectivity index (χ0n) is 14.2. The standard InChI is InChI=1S/C17H19N5O3/c1-10(13-8-21(3)20-11(13)2)18-15(23)9-22-16(24)12-6-4-5-7-14(12)19-17(22)25/h4-8,10H,9H2,1-3H3,(H,18,23)(H,19,25). The Kier molecular flexibility index (Phi) is 4.26. The summed E-state index contributed by atoms with van der Waals surface area (Å²) in [7, 11) is 1.80. The highest BCUT2D eigenvalue weighted by atomic mass is 16.2. The van der Waals surface area contributed by atoms with Crippen LogP contribution in [-0.4, -0.2) is 25.2 Å². The van der Waals surface area contributed by atoms with Crippen molar-refractivity contribution in [3.05, 3.63) is 62.6 Å². The lowest BCUT2D eigenvalue weighted by Crippen LogP contribution is -2.41. The Bertz CT molecular complexity index is 1060. The van der Waals surface area contributed by atoms with Crippen LogP contribution in [0.2, 0.25) is 0 Å². The fourth-order valence-electron chi connectivity index (χ4n) is 2.89. The van der Waals surface area contributed by atoms with Crippen molar-refractivity contribution in [3.8, 4) is 0 Å². The molecule has 3 rings (SSSR count). The summed E-state index contributed by atoms with van der Waals surface area (Å²) in [5.41, 5.74) is 1.06. The van der Waals surface area contributed by atoms with Crippen molar-refractivity contribution in [2.75, 3.05) is 0 Å². The molecule has 2 aromatic heterocycles. The van der Waals surface area contributed by atoms with Gasteiger partial charge in [0.15, 0.2) is 0 Å². The Hall–Kier alpha value is -3.16. The van der Waals surface area contributed by atoms with Gasteiger partial charge in [-0.15, -0.1) is 0 Å². The number of hydrogen-bond acceptors (Lipinski definition) is 4. The van der Waals surface area contributed by atoms with Crippen molar-refractivity contribution in [3.63, 3.8) is 0 Å².